The van der Waals surface area contributed by atoms with Crippen molar-refractivity contribution in [1.82, 2.24) is 10.3 Å². The third kappa shape index (κ3) is 3.11. The average molecular weight is 294 g/mol. The molecule has 0 aliphatic carbocycles. The SMILES string of the molecule is CNc1ccc(Cl)cc1C(=O)NCc1nc(C)c(C)o1. The summed E-state index contributed by atoms with van der Waals surface area (Å²) in [6.07, 6.45) is 0. The van der Waals surface area contributed by atoms with Gasteiger partial charge in [-0.1, -0.05) is 11.6 Å². The molecule has 0 saturated carbocycles. The molecule has 0 unspecified atom stereocenters. The van der Waals surface area contributed by atoms with Crippen molar-refractivity contribution >= 4 is 23.2 Å². The topological polar surface area (TPSA) is 67.2 Å². The largest absolute Gasteiger partial charge is 0.444 e. The summed E-state index contributed by atoms with van der Waals surface area (Å²) in [4.78, 5) is 16.4. The Morgan fingerprint density at radius 3 is 2.75 bits per heavy atom. The number of amides is 1. The van der Waals surface area contributed by atoms with Crippen LogP contribution in [0.3, 0.4) is 0 Å². The summed E-state index contributed by atoms with van der Waals surface area (Å²) < 4.78 is 5.41. The number of carbonyl (C=O) groups excluding carboxylic acids is 1. The Morgan fingerprint density at radius 1 is 1.40 bits per heavy atom. The molecule has 0 aliphatic heterocycles. The lowest BCUT2D eigenvalue weighted by atomic mass is 10.1. The summed E-state index contributed by atoms with van der Waals surface area (Å²) in [6.45, 7) is 3.94. The molecule has 106 valence electrons. The van der Waals surface area contributed by atoms with Crippen LogP contribution in [0.1, 0.15) is 27.7 Å². The minimum atomic E-state index is -0.231. The predicted octanol–water partition coefficient (Wildman–Crippen LogP) is 2.92. The molecular weight excluding hydrogens is 278 g/mol. The van der Waals surface area contributed by atoms with Crippen molar-refractivity contribution in [3.63, 3.8) is 0 Å². The van der Waals surface area contributed by atoms with E-state index in [4.69, 9.17) is 16.0 Å². The van der Waals surface area contributed by atoms with Gasteiger partial charge in [0.25, 0.3) is 5.91 Å². The number of aryl methyl sites for hydroxylation is 2. The monoisotopic (exact) mass is 293 g/mol. The molecule has 0 saturated heterocycles. The number of nitrogens with zero attached hydrogens (tertiary/aromatic N) is 1. The molecule has 20 heavy (non-hydrogen) atoms. The first-order valence-corrected chi connectivity index (χ1v) is 6.57. The maximum Gasteiger partial charge on any atom is 0.253 e. The van der Waals surface area contributed by atoms with Gasteiger partial charge >= 0.3 is 0 Å². The van der Waals surface area contributed by atoms with Gasteiger partial charge in [-0.15, -0.1) is 0 Å². The maximum atomic E-state index is 12.2. The molecule has 0 spiro atoms. The van der Waals surface area contributed by atoms with Gasteiger partial charge in [-0.05, 0) is 32.0 Å². The van der Waals surface area contributed by atoms with Gasteiger partial charge in [0.1, 0.15) is 5.76 Å². The van der Waals surface area contributed by atoms with Crippen molar-refractivity contribution in [3.8, 4) is 0 Å². The Balaban J connectivity index is 2.10. The molecule has 2 rings (SSSR count). The minimum absolute atomic E-state index is 0.231. The Bertz CT molecular complexity index is 618. The summed E-state index contributed by atoms with van der Waals surface area (Å²) in [6, 6.07) is 5.11. The van der Waals surface area contributed by atoms with Gasteiger partial charge in [0.2, 0.25) is 5.89 Å². The van der Waals surface area contributed by atoms with Crippen LogP contribution < -0.4 is 10.6 Å². The lowest BCUT2D eigenvalue weighted by molar-refractivity contribution is 0.0948. The lowest BCUT2D eigenvalue weighted by Gasteiger charge is -2.09. The number of halogens is 1. The molecule has 0 bridgehead atoms. The molecule has 2 aromatic rings. The second kappa shape index (κ2) is 5.96. The van der Waals surface area contributed by atoms with Crippen molar-refractivity contribution < 1.29 is 9.21 Å². The van der Waals surface area contributed by atoms with E-state index < -0.39 is 0 Å². The van der Waals surface area contributed by atoms with Crippen molar-refractivity contribution in [1.29, 1.82) is 0 Å². The van der Waals surface area contributed by atoms with Gasteiger partial charge in [0, 0.05) is 17.8 Å². The maximum absolute atomic E-state index is 12.2. The van der Waals surface area contributed by atoms with E-state index in [1.807, 2.05) is 13.8 Å². The van der Waals surface area contributed by atoms with Gasteiger partial charge < -0.3 is 15.1 Å². The van der Waals surface area contributed by atoms with E-state index in [0.717, 1.165) is 11.5 Å². The number of anilines is 1. The molecule has 0 radical (unpaired) electrons. The Kier molecular flexibility index (Phi) is 4.29. The first kappa shape index (κ1) is 14.4. The van der Waals surface area contributed by atoms with Crippen LogP contribution in [-0.2, 0) is 6.54 Å². The van der Waals surface area contributed by atoms with Crippen LogP contribution in [-0.4, -0.2) is 17.9 Å². The van der Waals surface area contributed by atoms with E-state index in [1.54, 1.807) is 25.2 Å². The fraction of sp³-hybridized carbons (Fsp3) is 0.286. The van der Waals surface area contributed by atoms with Gasteiger partial charge in [-0.2, -0.15) is 0 Å². The smallest absolute Gasteiger partial charge is 0.253 e. The van der Waals surface area contributed by atoms with Crippen molar-refractivity contribution in [2.24, 2.45) is 0 Å². The highest BCUT2D eigenvalue weighted by Crippen LogP contribution is 2.20. The third-order valence-electron chi connectivity index (χ3n) is 2.97. The van der Waals surface area contributed by atoms with E-state index in [-0.39, 0.29) is 12.5 Å². The van der Waals surface area contributed by atoms with Crippen LogP contribution in [0.4, 0.5) is 5.69 Å². The van der Waals surface area contributed by atoms with Crippen LogP contribution in [0, 0.1) is 13.8 Å². The van der Waals surface area contributed by atoms with Gasteiger partial charge in [-0.25, -0.2) is 4.98 Å². The summed E-state index contributed by atoms with van der Waals surface area (Å²) >= 11 is 5.92. The fourth-order valence-corrected chi connectivity index (χ4v) is 1.96. The minimum Gasteiger partial charge on any atom is -0.444 e. The van der Waals surface area contributed by atoms with Crippen LogP contribution in [0.15, 0.2) is 22.6 Å². The normalized spacial score (nSPS) is 10.4. The summed E-state index contributed by atoms with van der Waals surface area (Å²) in [5.41, 5.74) is 2.03. The molecule has 1 aromatic heterocycles. The number of carbonyl (C=O) groups is 1. The van der Waals surface area contributed by atoms with Gasteiger partial charge in [0.05, 0.1) is 17.8 Å². The van der Waals surface area contributed by atoms with Crippen LogP contribution in [0.2, 0.25) is 5.02 Å². The van der Waals surface area contributed by atoms with E-state index in [0.29, 0.717) is 22.2 Å². The molecule has 6 heteroatoms. The number of aromatic nitrogens is 1. The number of benzene rings is 1. The second-order valence-electron chi connectivity index (χ2n) is 4.37. The molecule has 1 aromatic carbocycles. The van der Waals surface area contributed by atoms with Crippen molar-refractivity contribution in [2.45, 2.75) is 20.4 Å². The number of hydrogen-bond donors (Lipinski definition) is 2. The van der Waals surface area contributed by atoms with Gasteiger partial charge in [-0.3, -0.25) is 4.79 Å². The summed E-state index contributed by atoms with van der Waals surface area (Å²) in [7, 11) is 1.75. The lowest BCUT2D eigenvalue weighted by Crippen LogP contribution is -2.23. The van der Waals surface area contributed by atoms with E-state index >= 15 is 0 Å². The first-order valence-electron chi connectivity index (χ1n) is 6.19. The van der Waals surface area contributed by atoms with Crippen LogP contribution >= 0.6 is 11.6 Å². The zero-order valence-electron chi connectivity index (χ0n) is 11.6. The second-order valence-corrected chi connectivity index (χ2v) is 4.81. The Hall–Kier alpha value is -2.01. The highest BCUT2D eigenvalue weighted by atomic mass is 35.5. The number of oxazole rings is 1. The third-order valence-corrected chi connectivity index (χ3v) is 3.20. The molecule has 0 fully saturated rings. The highest BCUT2D eigenvalue weighted by Gasteiger charge is 2.13. The standard InChI is InChI=1S/C14H16ClN3O2/c1-8-9(2)20-13(18-8)7-17-14(19)11-6-10(15)4-5-12(11)16-3/h4-6,16H,7H2,1-3H3,(H,17,19). The van der Waals surface area contributed by atoms with Crippen molar-refractivity contribution in [2.75, 3.05) is 12.4 Å². The predicted molar refractivity (Wildman–Crippen MR) is 78.1 cm³/mol. The Labute approximate surface area is 122 Å². The molecule has 1 amide bonds. The van der Waals surface area contributed by atoms with Crippen LogP contribution in [0.5, 0.6) is 0 Å². The zero-order chi connectivity index (χ0) is 14.7. The molecule has 2 N–H and O–H groups in total. The zero-order valence-corrected chi connectivity index (χ0v) is 12.3. The quantitative estimate of drug-likeness (QED) is 0.909. The summed E-state index contributed by atoms with van der Waals surface area (Å²) in [5.74, 6) is 1.01. The first-order chi connectivity index (χ1) is 9.51. The molecule has 1 heterocycles. The summed E-state index contributed by atoms with van der Waals surface area (Å²) in [5, 5.41) is 6.23. The van der Waals surface area contributed by atoms with Crippen LogP contribution in [0.25, 0.3) is 0 Å². The molecule has 0 atom stereocenters. The van der Waals surface area contributed by atoms with E-state index in [2.05, 4.69) is 15.6 Å². The molecule has 5 nitrogen and oxygen atoms in total. The van der Waals surface area contributed by atoms with E-state index in [9.17, 15) is 4.79 Å². The fourth-order valence-electron chi connectivity index (χ4n) is 1.79. The average Bonchev–Trinajstić information content (AvgIpc) is 2.75. The number of nitrogens with one attached hydrogen (secondary N) is 2. The van der Waals surface area contributed by atoms with Crippen molar-refractivity contribution in [3.05, 3.63) is 46.1 Å². The van der Waals surface area contributed by atoms with E-state index in [1.165, 1.54) is 0 Å². The number of hydrogen-bond acceptors (Lipinski definition) is 4. The highest BCUT2D eigenvalue weighted by molar-refractivity contribution is 6.31. The molecular formula is C14H16ClN3O2. The number of rotatable bonds is 4. The van der Waals surface area contributed by atoms with Gasteiger partial charge in [0.15, 0.2) is 0 Å². The molecule has 0 aliphatic rings. The Morgan fingerprint density at radius 2 is 2.15 bits per heavy atom.